The van der Waals surface area contributed by atoms with Crippen LogP contribution >= 0.6 is 19.4 Å². The lowest BCUT2D eigenvalue weighted by Crippen LogP contribution is -2.29. The van der Waals surface area contributed by atoms with Gasteiger partial charge in [0.15, 0.2) is 6.29 Å². The van der Waals surface area contributed by atoms with Crippen LogP contribution < -0.4 is 0 Å². The smallest absolute Gasteiger partial charge is 0.366 e. The van der Waals surface area contributed by atoms with Gasteiger partial charge in [0.25, 0.3) is 0 Å². The first-order valence-electron chi connectivity index (χ1n) is 2.53. The molecule has 0 aromatic rings. The third-order valence-corrected chi connectivity index (χ3v) is 1.61. The maximum atomic E-state index is 10.1. The summed E-state index contributed by atoms with van der Waals surface area (Å²) in [5.41, 5.74) is 0. The van der Waals surface area contributed by atoms with Crippen LogP contribution in [0.3, 0.4) is 0 Å². The van der Waals surface area contributed by atoms with Crippen LogP contribution in [-0.4, -0.2) is 38.3 Å². The van der Waals surface area contributed by atoms with Crippen LogP contribution in [0.2, 0.25) is 0 Å². The molecule has 0 rings (SSSR count). The first-order chi connectivity index (χ1) is 4.87. The highest BCUT2D eigenvalue weighted by Crippen LogP contribution is 2.38. The van der Waals surface area contributed by atoms with Crippen molar-refractivity contribution >= 4 is 19.4 Å². The normalized spacial score (nSPS) is 15.5. The van der Waals surface area contributed by atoms with E-state index in [-0.39, 0.29) is 0 Å². The molecule has 0 aliphatic rings. The highest BCUT2D eigenvalue weighted by molar-refractivity contribution is 7.46. The minimum absolute atomic E-state index is 0.414. The first kappa shape index (κ1) is 11.3. The number of alkyl halides is 1. The van der Waals surface area contributed by atoms with Gasteiger partial charge in [-0.1, -0.05) is 0 Å². The number of rotatable bonds is 4. The van der Waals surface area contributed by atoms with Gasteiger partial charge in [-0.3, -0.25) is 4.52 Å². The molecule has 11 heavy (non-hydrogen) atoms. The Labute approximate surface area is 67.6 Å². The SMILES string of the molecule is O=P(O)(O)OC(CCl)C(O)O. The molecule has 0 saturated carbocycles. The molecule has 8 heteroatoms. The number of hydrogen-bond acceptors (Lipinski definition) is 4. The lowest BCUT2D eigenvalue weighted by atomic mass is 10.4. The molecule has 0 spiro atoms. The van der Waals surface area contributed by atoms with E-state index in [4.69, 9.17) is 31.6 Å². The van der Waals surface area contributed by atoms with E-state index in [1.807, 2.05) is 0 Å². The molecule has 0 aromatic heterocycles. The Bertz CT molecular complexity index is 154. The number of phosphoric ester groups is 1. The number of hydrogen-bond donors (Lipinski definition) is 4. The van der Waals surface area contributed by atoms with E-state index in [0.29, 0.717) is 0 Å². The summed E-state index contributed by atoms with van der Waals surface area (Å²) in [5.74, 6) is -0.414. The zero-order valence-corrected chi connectivity index (χ0v) is 6.94. The van der Waals surface area contributed by atoms with Gasteiger partial charge in [-0.25, -0.2) is 4.57 Å². The second-order valence-corrected chi connectivity index (χ2v) is 3.20. The fourth-order valence-electron chi connectivity index (χ4n) is 0.339. The van der Waals surface area contributed by atoms with Gasteiger partial charge in [-0.2, -0.15) is 0 Å². The fraction of sp³-hybridized carbons (Fsp3) is 1.00. The van der Waals surface area contributed by atoms with E-state index in [9.17, 15) is 4.57 Å². The van der Waals surface area contributed by atoms with E-state index in [1.54, 1.807) is 0 Å². The molecule has 0 amide bonds. The Morgan fingerprint density at radius 2 is 1.91 bits per heavy atom. The van der Waals surface area contributed by atoms with Crippen molar-refractivity contribution in [2.24, 2.45) is 0 Å². The van der Waals surface area contributed by atoms with Crippen LogP contribution in [0.25, 0.3) is 0 Å². The van der Waals surface area contributed by atoms with Gasteiger partial charge in [-0.15, -0.1) is 11.6 Å². The van der Waals surface area contributed by atoms with Crippen molar-refractivity contribution in [2.45, 2.75) is 12.4 Å². The standard InChI is InChI=1S/C3H8ClO6P/c4-1-2(3(5)6)10-11(7,8)9/h2-3,5-6H,1H2,(H2,7,8,9). The minimum Gasteiger partial charge on any atom is -0.366 e. The topological polar surface area (TPSA) is 107 Å². The van der Waals surface area contributed by atoms with E-state index in [0.717, 1.165) is 0 Å². The molecule has 1 atom stereocenters. The summed E-state index contributed by atoms with van der Waals surface area (Å²) in [4.78, 5) is 16.4. The van der Waals surface area contributed by atoms with Gasteiger partial charge >= 0.3 is 7.82 Å². The summed E-state index contributed by atoms with van der Waals surface area (Å²) in [6, 6.07) is 0. The fourth-order valence-corrected chi connectivity index (χ4v) is 1.19. The predicted molar refractivity (Wildman–Crippen MR) is 35.9 cm³/mol. The van der Waals surface area contributed by atoms with Crippen molar-refractivity contribution in [3.63, 3.8) is 0 Å². The quantitative estimate of drug-likeness (QED) is 0.267. The minimum atomic E-state index is -4.70. The molecule has 68 valence electrons. The third-order valence-electron chi connectivity index (χ3n) is 0.757. The molecule has 1 unspecified atom stereocenters. The average Bonchev–Trinajstić information content (AvgIpc) is 1.80. The molecule has 0 bridgehead atoms. The van der Waals surface area contributed by atoms with Crippen molar-refractivity contribution in [2.75, 3.05) is 5.88 Å². The second kappa shape index (κ2) is 4.37. The van der Waals surface area contributed by atoms with Gasteiger partial charge in [0, 0.05) is 0 Å². The summed E-state index contributed by atoms with van der Waals surface area (Å²) >= 11 is 5.08. The lowest BCUT2D eigenvalue weighted by Gasteiger charge is -2.16. The number of aliphatic hydroxyl groups excluding tert-OH is 1. The van der Waals surface area contributed by atoms with E-state index in [2.05, 4.69) is 4.52 Å². The highest BCUT2D eigenvalue weighted by atomic mass is 35.5. The number of phosphoric acid groups is 1. The van der Waals surface area contributed by atoms with Gasteiger partial charge in [0.2, 0.25) is 0 Å². The Hall–Kier alpha value is 0.320. The molecule has 0 aliphatic heterocycles. The second-order valence-electron chi connectivity index (χ2n) is 1.70. The summed E-state index contributed by atoms with van der Waals surface area (Å²) in [6.45, 7) is 0. The Kier molecular flexibility index (Phi) is 4.50. The molecule has 4 N–H and O–H groups in total. The molecular weight excluding hydrogens is 198 g/mol. The van der Waals surface area contributed by atoms with Crippen molar-refractivity contribution in [3.05, 3.63) is 0 Å². The van der Waals surface area contributed by atoms with Crippen LogP contribution in [0.1, 0.15) is 0 Å². The van der Waals surface area contributed by atoms with Crippen molar-refractivity contribution in [3.8, 4) is 0 Å². The van der Waals surface area contributed by atoms with Crippen LogP contribution in [0, 0.1) is 0 Å². The monoisotopic (exact) mass is 206 g/mol. The average molecular weight is 207 g/mol. The lowest BCUT2D eigenvalue weighted by molar-refractivity contribution is -0.109. The van der Waals surface area contributed by atoms with Crippen LogP contribution in [-0.2, 0) is 9.09 Å². The number of halogens is 1. The molecule has 0 fully saturated rings. The molecule has 6 nitrogen and oxygen atoms in total. The Balaban J connectivity index is 3.99. The van der Waals surface area contributed by atoms with Crippen LogP contribution in [0.5, 0.6) is 0 Å². The van der Waals surface area contributed by atoms with E-state index < -0.39 is 26.1 Å². The summed E-state index contributed by atoms with van der Waals surface area (Å²) in [7, 11) is -4.70. The molecular formula is C3H8ClO6P. The molecule has 0 radical (unpaired) electrons. The zero-order valence-electron chi connectivity index (χ0n) is 5.29. The maximum Gasteiger partial charge on any atom is 0.470 e. The van der Waals surface area contributed by atoms with Crippen molar-refractivity contribution in [1.82, 2.24) is 0 Å². The van der Waals surface area contributed by atoms with Crippen molar-refractivity contribution < 1.29 is 29.1 Å². The Morgan fingerprint density at radius 3 is 2.00 bits per heavy atom. The largest absolute Gasteiger partial charge is 0.470 e. The van der Waals surface area contributed by atoms with Gasteiger partial charge in [-0.05, 0) is 0 Å². The third kappa shape index (κ3) is 5.57. The molecule has 0 aliphatic carbocycles. The number of aliphatic hydroxyl groups is 2. The Morgan fingerprint density at radius 1 is 1.45 bits per heavy atom. The summed E-state index contributed by atoms with van der Waals surface area (Å²) < 4.78 is 14.0. The van der Waals surface area contributed by atoms with E-state index in [1.165, 1.54) is 0 Å². The molecule has 0 saturated heterocycles. The van der Waals surface area contributed by atoms with Gasteiger partial charge in [0.05, 0.1) is 5.88 Å². The maximum absolute atomic E-state index is 10.1. The molecule has 0 heterocycles. The van der Waals surface area contributed by atoms with Gasteiger partial charge in [0.1, 0.15) is 6.10 Å². The first-order valence-corrected chi connectivity index (χ1v) is 4.59. The highest BCUT2D eigenvalue weighted by Gasteiger charge is 2.26. The van der Waals surface area contributed by atoms with Crippen LogP contribution in [0.15, 0.2) is 0 Å². The molecule has 0 aromatic carbocycles. The summed E-state index contributed by atoms with van der Waals surface area (Å²) in [6.07, 6.45) is -3.47. The van der Waals surface area contributed by atoms with Crippen LogP contribution in [0.4, 0.5) is 0 Å². The van der Waals surface area contributed by atoms with Crippen molar-refractivity contribution in [1.29, 1.82) is 0 Å². The summed E-state index contributed by atoms with van der Waals surface area (Å²) in [5, 5.41) is 16.8. The van der Waals surface area contributed by atoms with Gasteiger partial charge < -0.3 is 20.0 Å². The van der Waals surface area contributed by atoms with E-state index >= 15 is 0 Å². The zero-order chi connectivity index (χ0) is 9.07. The predicted octanol–water partition coefficient (Wildman–Crippen LogP) is -0.986.